The Morgan fingerprint density at radius 2 is 2.08 bits per heavy atom. The van der Waals surface area contributed by atoms with Gasteiger partial charge in [0.2, 0.25) is 0 Å². The number of ether oxygens (including phenoxy) is 2. The molecular formula is C16H26FN3O4. The van der Waals surface area contributed by atoms with E-state index in [4.69, 9.17) is 4.74 Å². The minimum atomic E-state index is -0.857. The van der Waals surface area contributed by atoms with Crippen molar-refractivity contribution in [1.29, 1.82) is 0 Å². The van der Waals surface area contributed by atoms with Crippen LogP contribution in [-0.2, 0) is 16.0 Å². The molecule has 1 aromatic rings. The van der Waals surface area contributed by atoms with E-state index >= 15 is 0 Å². The van der Waals surface area contributed by atoms with Crippen LogP contribution in [0.5, 0.6) is 0 Å². The highest BCUT2D eigenvalue weighted by Gasteiger charge is 2.15. The SMILES string of the molecule is CCOC(=O)Nc1nc(=O)n(C[C@H](CC)OCC(C)CC)cc1F. The lowest BCUT2D eigenvalue weighted by Crippen LogP contribution is -2.32. The summed E-state index contributed by atoms with van der Waals surface area (Å²) in [4.78, 5) is 26.9. The molecule has 136 valence electrons. The molecule has 0 aliphatic carbocycles. The van der Waals surface area contributed by atoms with E-state index in [9.17, 15) is 14.0 Å². The number of amides is 1. The summed E-state index contributed by atoms with van der Waals surface area (Å²) in [5, 5.41) is 2.10. The van der Waals surface area contributed by atoms with E-state index in [1.807, 2.05) is 6.92 Å². The summed E-state index contributed by atoms with van der Waals surface area (Å²) in [7, 11) is 0. The molecule has 8 heteroatoms. The van der Waals surface area contributed by atoms with Gasteiger partial charge in [0.05, 0.1) is 19.3 Å². The van der Waals surface area contributed by atoms with E-state index < -0.39 is 23.4 Å². The molecule has 0 saturated heterocycles. The van der Waals surface area contributed by atoms with Gasteiger partial charge in [-0.2, -0.15) is 4.98 Å². The van der Waals surface area contributed by atoms with E-state index in [1.165, 1.54) is 0 Å². The van der Waals surface area contributed by atoms with Crippen LogP contribution in [0, 0.1) is 11.7 Å². The summed E-state index contributed by atoms with van der Waals surface area (Å²) in [5.74, 6) is -0.829. The number of halogens is 1. The largest absolute Gasteiger partial charge is 0.450 e. The van der Waals surface area contributed by atoms with Crippen molar-refractivity contribution in [3.8, 4) is 0 Å². The molecule has 0 aliphatic heterocycles. The Kier molecular flexibility index (Phi) is 8.39. The minimum absolute atomic E-state index is 0.135. The van der Waals surface area contributed by atoms with Crippen LogP contribution in [0.3, 0.4) is 0 Å². The van der Waals surface area contributed by atoms with Crippen molar-refractivity contribution in [3.63, 3.8) is 0 Å². The summed E-state index contributed by atoms with van der Waals surface area (Å²) in [5.41, 5.74) is -0.659. The summed E-state index contributed by atoms with van der Waals surface area (Å²) >= 11 is 0. The van der Waals surface area contributed by atoms with Gasteiger partial charge < -0.3 is 9.47 Å². The molecule has 1 N–H and O–H groups in total. The van der Waals surface area contributed by atoms with Gasteiger partial charge in [0.25, 0.3) is 0 Å². The van der Waals surface area contributed by atoms with Gasteiger partial charge in [-0.1, -0.05) is 27.2 Å². The molecule has 1 rings (SSSR count). The van der Waals surface area contributed by atoms with Crippen LogP contribution in [0.2, 0.25) is 0 Å². The Bertz CT molecular complexity index is 591. The monoisotopic (exact) mass is 343 g/mol. The van der Waals surface area contributed by atoms with Crippen LogP contribution in [0.4, 0.5) is 15.0 Å². The fourth-order valence-electron chi connectivity index (χ4n) is 1.89. The van der Waals surface area contributed by atoms with E-state index in [1.54, 1.807) is 6.92 Å². The quantitative estimate of drug-likeness (QED) is 0.745. The van der Waals surface area contributed by atoms with Crippen molar-refractivity contribution in [2.45, 2.75) is 53.2 Å². The fraction of sp³-hybridized carbons (Fsp3) is 0.688. The molecule has 0 fully saturated rings. The third-order valence-electron chi connectivity index (χ3n) is 3.61. The first-order valence-corrected chi connectivity index (χ1v) is 8.23. The van der Waals surface area contributed by atoms with Gasteiger partial charge in [-0.3, -0.25) is 9.88 Å². The third-order valence-corrected chi connectivity index (χ3v) is 3.61. The molecule has 0 saturated carbocycles. The van der Waals surface area contributed by atoms with Crippen LogP contribution in [0.25, 0.3) is 0 Å². The molecule has 0 radical (unpaired) electrons. The van der Waals surface area contributed by atoms with Gasteiger partial charge in [-0.05, 0) is 19.3 Å². The normalized spacial score (nSPS) is 13.4. The number of rotatable bonds is 9. The lowest BCUT2D eigenvalue weighted by molar-refractivity contribution is 0.0185. The molecule has 1 unspecified atom stereocenters. The Balaban J connectivity index is 2.80. The number of nitrogens with one attached hydrogen (secondary N) is 1. The van der Waals surface area contributed by atoms with Crippen LogP contribution < -0.4 is 11.0 Å². The molecule has 0 aromatic carbocycles. The molecule has 1 heterocycles. The zero-order valence-corrected chi connectivity index (χ0v) is 14.7. The Labute approximate surface area is 141 Å². The van der Waals surface area contributed by atoms with Crippen molar-refractivity contribution in [1.82, 2.24) is 9.55 Å². The van der Waals surface area contributed by atoms with Crippen molar-refractivity contribution in [3.05, 3.63) is 22.5 Å². The topological polar surface area (TPSA) is 82.5 Å². The minimum Gasteiger partial charge on any atom is -0.450 e. The first kappa shape index (κ1) is 20.1. The van der Waals surface area contributed by atoms with Gasteiger partial charge in [0.1, 0.15) is 0 Å². The maximum absolute atomic E-state index is 14.0. The van der Waals surface area contributed by atoms with E-state index in [0.717, 1.165) is 17.2 Å². The Hall–Kier alpha value is -1.96. The van der Waals surface area contributed by atoms with Crippen molar-refractivity contribution in [2.24, 2.45) is 5.92 Å². The van der Waals surface area contributed by atoms with Crippen LogP contribution in [-0.4, -0.2) is 35.0 Å². The number of hydrogen-bond donors (Lipinski definition) is 1. The van der Waals surface area contributed by atoms with Gasteiger partial charge in [0, 0.05) is 12.8 Å². The Morgan fingerprint density at radius 3 is 2.67 bits per heavy atom. The summed E-state index contributed by atoms with van der Waals surface area (Å²) in [6, 6.07) is 0. The number of carbonyl (C=O) groups is 1. The molecule has 2 atom stereocenters. The Morgan fingerprint density at radius 1 is 1.38 bits per heavy atom. The maximum Gasteiger partial charge on any atom is 0.412 e. The van der Waals surface area contributed by atoms with Gasteiger partial charge in [-0.25, -0.2) is 14.0 Å². The second kappa shape index (κ2) is 10.0. The highest BCUT2D eigenvalue weighted by molar-refractivity contribution is 5.83. The molecule has 1 amide bonds. The molecule has 7 nitrogen and oxygen atoms in total. The van der Waals surface area contributed by atoms with Crippen LogP contribution in [0.15, 0.2) is 11.0 Å². The predicted octanol–water partition coefficient (Wildman–Crippen LogP) is 2.79. The first-order valence-electron chi connectivity index (χ1n) is 8.23. The van der Waals surface area contributed by atoms with Gasteiger partial charge >= 0.3 is 11.8 Å². The average molecular weight is 343 g/mol. The van der Waals surface area contributed by atoms with Crippen molar-refractivity contribution < 1.29 is 18.7 Å². The zero-order valence-electron chi connectivity index (χ0n) is 14.7. The molecule has 0 bridgehead atoms. The molecule has 0 aliphatic rings. The molecule has 1 aromatic heterocycles. The number of aromatic nitrogens is 2. The number of hydrogen-bond acceptors (Lipinski definition) is 5. The first-order chi connectivity index (χ1) is 11.4. The highest BCUT2D eigenvalue weighted by Crippen LogP contribution is 2.10. The smallest absolute Gasteiger partial charge is 0.412 e. The second-order valence-corrected chi connectivity index (χ2v) is 5.59. The summed E-state index contributed by atoms with van der Waals surface area (Å²) in [6.07, 6.45) is 1.64. The van der Waals surface area contributed by atoms with Crippen molar-refractivity contribution in [2.75, 3.05) is 18.5 Å². The highest BCUT2D eigenvalue weighted by atomic mass is 19.1. The molecule has 24 heavy (non-hydrogen) atoms. The molecule has 0 spiro atoms. The van der Waals surface area contributed by atoms with Gasteiger partial charge in [-0.15, -0.1) is 0 Å². The lowest BCUT2D eigenvalue weighted by atomic mass is 10.1. The predicted molar refractivity (Wildman–Crippen MR) is 88.6 cm³/mol. The van der Waals surface area contributed by atoms with Crippen LogP contribution in [0.1, 0.15) is 40.5 Å². The average Bonchev–Trinajstić information content (AvgIpc) is 2.55. The van der Waals surface area contributed by atoms with Crippen molar-refractivity contribution >= 4 is 11.9 Å². The summed E-state index contributed by atoms with van der Waals surface area (Å²) in [6.45, 7) is 8.64. The lowest BCUT2D eigenvalue weighted by Gasteiger charge is -2.19. The third kappa shape index (κ3) is 6.27. The van der Waals surface area contributed by atoms with E-state index in [0.29, 0.717) is 18.9 Å². The number of anilines is 1. The number of carbonyl (C=O) groups excluding carboxylic acids is 1. The summed E-state index contributed by atoms with van der Waals surface area (Å²) < 4.78 is 25.6. The van der Waals surface area contributed by atoms with Crippen LogP contribution >= 0.6 is 0 Å². The second-order valence-electron chi connectivity index (χ2n) is 5.59. The van der Waals surface area contributed by atoms with E-state index in [-0.39, 0.29) is 19.3 Å². The maximum atomic E-state index is 14.0. The fourth-order valence-corrected chi connectivity index (χ4v) is 1.89. The van der Waals surface area contributed by atoms with E-state index in [2.05, 4.69) is 28.9 Å². The van der Waals surface area contributed by atoms with Gasteiger partial charge in [0.15, 0.2) is 11.6 Å². The standard InChI is InChI=1S/C16H26FN3O4/c1-5-11(4)10-24-12(6-2)8-20-9-13(17)14(18-15(20)21)19-16(22)23-7-3/h9,11-12H,5-8,10H2,1-4H3,(H,18,19,21,22)/t11?,12-/m0/s1. The molecular weight excluding hydrogens is 317 g/mol. The zero-order chi connectivity index (χ0) is 18.1. The number of nitrogens with zero attached hydrogens (tertiary/aromatic N) is 2.